The molecule has 0 unspecified atom stereocenters. The van der Waals surface area contributed by atoms with Gasteiger partial charge in [-0.05, 0) is 25.3 Å². The van der Waals surface area contributed by atoms with Crippen molar-refractivity contribution in [3.63, 3.8) is 0 Å². The zero-order valence-electron chi connectivity index (χ0n) is 8.95. The fourth-order valence-electron chi connectivity index (χ4n) is 1.19. The van der Waals surface area contributed by atoms with Crippen LogP contribution in [-0.2, 0) is 0 Å². The van der Waals surface area contributed by atoms with Crippen molar-refractivity contribution in [3.05, 3.63) is 17.8 Å². The predicted molar refractivity (Wildman–Crippen MR) is 65.0 cm³/mol. The van der Waals surface area contributed by atoms with Crippen molar-refractivity contribution in [3.8, 4) is 0 Å². The number of anilines is 2. The van der Waals surface area contributed by atoms with Crippen molar-refractivity contribution in [2.24, 2.45) is 0 Å². The van der Waals surface area contributed by atoms with Crippen molar-refractivity contribution in [2.45, 2.75) is 6.92 Å². The Hall–Kier alpha value is -0.900. The topological polar surface area (TPSA) is 42.2 Å². The smallest absolute Gasteiger partial charge is 0.151 e. The number of aromatic nitrogens is 1. The third kappa shape index (κ3) is 2.80. The Morgan fingerprint density at radius 3 is 2.86 bits per heavy atom. The summed E-state index contributed by atoms with van der Waals surface area (Å²) < 4.78 is 0. The molecule has 14 heavy (non-hydrogen) atoms. The number of aryl methyl sites for hydroxylation is 1. The van der Waals surface area contributed by atoms with Crippen molar-refractivity contribution in [1.29, 1.82) is 0 Å². The molecule has 0 atom stereocenters. The molecule has 0 fully saturated rings. The van der Waals surface area contributed by atoms with E-state index in [-0.39, 0.29) is 0 Å². The monoisotopic (exact) mass is 211 g/mol. The summed E-state index contributed by atoms with van der Waals surface area (Å²) in [5.41, 5.74) is 7.61. The number of nitrogens with zero attached hydrogens (tertiary/aromatic N) is 2. The van der Waals surface area contributed by atoms with E-state index in [2.05, 4.69) is 16.1 Å². The number of nitrogen functional groups attached to an aromatic ring is 1. The molecule has 1 aromatic rings. The zero-order chi connectivity index (χ0) is 10.6. The Morgan fingerprint density at radius 2 is 2.21 bits per heavy atom. The van der Waals surface area contributed by atoms with Crippen LogP contribution in [0.2, 0.25) is 0 Å². The van der Waals surface area contributed by atoms with Crippen LogP contribution < -0.4 is 10.6 Å². The molecule has 0 radical (unpaired) electrons. The molecule has 1 aromatic heterocycles. The van der Waals surface area contributed by atoms with Gasteiger partial charge in [-0.15, -0.1) is 0 Å². The quantitative estimate of drug-likeness (QED) is 0.824. The van der Waals surface area contributed by atoms with Crippen LogP contribution in [0.4, 0.5) is 11.5 Å². The van der Waals surface area contributed by atoms with Crippen molar-refractivity contribution in [2.75, 3.05) is 36.2 Å². The Kier molecular flexibility index (Phi) is 4.07. The summed E-state index contributed by atoms with van der Waals surface area (Å²) in [6.07, 6.45) is 2.10. The van der Waals surface area contributed by atoms with E-state index >= 15 is 0 Å². The van der Waals surface area contributed by atoms with Gasteiger partial charge in [0.15, 0.2) is 5.82 Å². The van der Waals surface area contributed by atoms with E-state index in [1.807, 2.05) is 37.9 Å². The van der Waals surface area contributed by atoms with Gasteiger partial charge in [0.2, 0.25) is 0 Å². The summed E-state index contributed by atoms with van der Waals surface area (Å²) in [4.78, 5) is 6.51. The average Bonchev–Trinajstić information content (AvgIpc) is 2.18. The Labute approximate surface area is 89.7 Å². The molecular weight excluding hydrogens is 194 g/mol. The van der Waals surface area contributed by atoms with E-state index in [9.17, 15) is 0 Å². The molecule has 0 bridgehead atoms. The highest BCUT2D eigenvalue weighted by atomic mass is 32.2. The highest BCUT2D eigenvalue weighted by Crippen LogP contribution is 2.19. The lowest BCUT2D eigenvalue weighted by Gasteiger charge is -2.19. The van der Waals surface area contributed by atoms with Gasteiger partial charge in [-0.3, -0.25) is 0 Å². The van der Waals surface area contributed by atoms with Crippen LogP contribution in [0.25, 0.3) is 0 Å². The lowest BCUT2D eigenvalue weighted by Crippen LogP contribution is -2.22. The second-order valence-electron chi connectivity index (χ2n) is 3.28. The summed E-state index contributed by atoms with van der Waals surface area (Å²) >= 11 is 1.82. The third-order valence-electron chi connectivity index (χ3n) is 2.04. The van der Waals surface area contributed by atoms with E-state index in [0.717, 1.165) is 29.5 Å². The fraction of sp³-hybridized carbons (Fsp3) is 0.500. The van der Waals surface area contributed by atoms with Crippen molar-refractivity contribution < 1.29 is 0 Å². The fourth-order valence-corrected chi connectivity index (χ4v) is 1.65. The molecule has 0 aliphatic rings. The highest BCUT2D eigenvalue weighted by molar-refractivity contribution is 7.98. The Balaban J connectivity index is 2.77. The molecule has 78 valence electrons. The molecule has 3 nitrogen and oxygen atoms in total. The molecule has 0 spiro atoms. The van der Waals surface area contributed by atoms with Crippen molar-refractivity contribution in [1.82, 2.24) is 4.98 Å². The first-order valence-electron chi connectivity index (χ1n) is 4.58. The molecule has 0 saturated heterocycles. The van der Waals surface area contributed by atoms with Gasteiger partial charge in [0.1, 0.15) is 0 Å². The van der Waals surface area contributed by atoms with Crippen LogP contribution in [0, 0.1) is 6.92 Å². The highest BCUT2D eigenvalue weighted by Gasteiger charge is 2.06. The molecule has 1 rings (SSSR count). The van der Waals surface area contributed by atoms with Crippen LogP contribution >= 0.6 is 11.8 Å². The lowest BCUT2D eigenvalue weighted by molar-refractivity contribution is 0.941. The SMILES string of the molecule is CSCCN(C)c1nc(C)ccc1N. The summed E-state index contributed by atoms with van der Waals surface area (Å²) in [6, 6.07) is 3.84. The van der Waals surface area contributed by atoms with Gasteiger partial charge in [-0.2, -0.15) is 11.8 Å². The van der Waals surface area contributed by atoms with Gasteiger partial charge < -0.3 is 10.6 Å². The summed E-state index contributed by atoms with van der Waals surface area (Å²) in [5.74, 6) is 1.98. The van der Waals surface area contributed by atoms with Gasteiger partial charge in [0, 0.05) is 25.0 Å². The zero-order valence-corrected chi connectivity index (χ0v) is 9.77. The summed E-state index contributed by atoms with van der Waals surface area (Å²) in [5, 5.41) is 0. The van der Waals surface area contributed by atoms with Crippen molar-refractivity contribution >= 4 is 23.3 Å². The molecule has 0 saturated carbocycles. The maximum atomic E-state index is 5.85. The first kappa shape index (κ1) is 11.2. The van der Waals surface area contributed by atoms with Crippen LogP contribution in [0.5, 0.6) is 0 Å². The Bertz CT molecular complexity index is 301. The number of thioether (sulfide) groups is 1. The normalized spacial score (nSPS) is 10.2. The van der Waals surface area contributed by atoms with Gasteiger partial charge in [0.05, 0.1) is 5.69 Å². The first-order valence-corrected chi connectivity index (χ1v) is 5.97. The maximum Gasteiger partial charge on any atom is 0.151 e. The second-order valence-corrected chi connectivity index (χ2v) is 4.27. The van der Waals surface area contributed by atoms with E-state index < -0.39 is 0 Å². The van der Waals surface area contributed by atoms with Crippen LogP contribution in [0.3, 0.4) is 0 Å². The molecule has 0 aliphatic heterocycles. The minimum absolute atomic E-state index is 0.749. The van der Waals surface area contributed by atoms with E-state index in [1.165, 1.54) is 0 Å². The number of nitrogens with two attached hydrogens (primary N) is 1. The molecule has 0 aliphatic carbocycles. The molecule has 0 amide bonds. The number of hydrogen-bond donors (Lipinski definition) is 1. The molecule has 4 heteroatoms. The van der Waals surface area contributed by atoms with Crippen LogP contribution in [0.15, 0.2) is 12.1 Å². The summed E-state index contributed by atoms with van der Waals surface area (Å²) in [6.45, 7) is 2.95. The summed E-state index contributed by atoms with van der Waals surface area (Å²) in [7, 11) is 2.02. The third-order valence-corrected chi connectivity index (χ3v) is 2.63. The molecule has 2 N–H and O–H groups in total. The van der Waals surface area contributed by atoms with Crippen LogP contribution in [0.1, 0.15) is 5.69 Å². The minimum atomic E-state index is 0.749. The largest absolute Gasteiger partial charge is 0.396 e. The Morgan fingerprint density at radius 1 is 1.50 bits per heavy atom. The van der Waals surface area contributed by atoms with Gasteiger partial charge in [-0.1, -0.05) is 0 Å². The predicted octanol–water partition coefficient (Wildman–Crippen LogP) is 1.77. The molecule has 0 aromatic carbocycles. The second kappa shape index (κ2) is 5.10. The van der Waals surface area contributed by atoms with Crippen LogP contribution in [-0.4, -0.2) is 30.6 Å². The lowest BCUT2D eigenvalue weighted by atomic mass is 10.3. The van der Waals surface area contributed by atoms with E-state index in [4.69, 9.17) is 5.73 Å². The van der Waals surface area contributed by atoms with Gasteiger partial charge in [-0.25, -0.2) is 4.98 Å². The maximum absolute atomic E-state index is 5.85. The average molecular weight is 211 g/mol. The molecule has 1 heterocycles. The minimum Gasteiger partial charge on any atom is -0.396 e. The van der Waals surface area contributed by atoms with E-state index in [1.54, 1.807) is 0 Å². The van der Waals surface area contributed by atoms with Gasteiger partial charge >= 0.3 is 0 Å². The number of pyridine rings is 1. The number of rotatable bonds is 4. The number of hydrogen-bond acceptors (Lipinski definition) is 4. The van der Waals surface area contributed by atoms with Gasteiger partial charge in [0.25, 0.3) is 0 Å². The van der Waals surface area contributed by atoms with E-state index in [0.29, 0.717) is 0 Å². The first-order chi connectivity index (χ1) is 6.65. The molecular formula is C10H17N3S. The standard InChI is InChI=1S/C10H17N3S/c1-8-4-5-9(11)10(12-8)13(2)6-7-14-3/h4-5H,6-7,11H2,1-3H3.